The molecule has 0 aliphatic carbocycles. The van der Waals surface area contributed by atoms with Crippen LogP contribution in [0.4, 0.5) is 17.6 Å². The molecule has 0 aliphatic heterocycles. The van der Waals surface area contributed by atoms with Gasteiger partial charge in [-0.2, -0.15) is 0 Å². The number of carbonyl (C=O) groups is 1. The molecule has 1 aromatic heterocycles. The third-order valence-corrected chi connectivity index (χ3v) is 1.82. The largest absolute Gasteiger partial charge is 0.477 e. The lowest BCUT2D eigenvalue weighted by Gasteiger charge is -2.08. The molecule has 0 aromatic carbocycles. The average molecular weight is 254 g/mol. The van der Waals surface area contributed by atoms with Crippen molar-refractivity contribution in [2.24, 2.45) is 0 Å². The molecule has 94 valence electrons. The summed E-state index contributed by atoms with van der Waals surface area (Å²) in [4.78, 5) is 25.0. The fraction of sp³-hybridized carbons (Fsp3) is 0.375. The van der Waals surface area contributed by atoms with Crippen LogP contribution in [0.2, 0.25) is 0 Å². The molecule has 17 heavy (non-hydrogen) atoms. The maximum Gasteiger partial charge on any atom is 0.343 e. The minimum atomic E-state index is -3.27. The minimum absolute atomic E-state index is 0.278. The number of carboxylic acids is 1. The van der Waals surface area contributed by atoms with Gasteiger partial charge in [0.1, 0.15) is 5.69 Å². The number of nitrogens with zero attached hydrogens (tertiary/aromatic N) is 2. The highest BCUT2D eigenvalue weighted by Gasteiger charge is 2.25. The van der Waals surface area contributed by atoms with Gasteiger partial charge < -0.3 is 5.11 Å². The molecule has 0 bridgehead atoms. The summed E-state index contributed by atoms with van der Waals surface area (Å²) in [5.74, 6) is -1.93. The summed E-state index contributed by atoms with van der Waals surface area (Å²) >= 11 is 0. The predicted molar refractivity (Wildman–Crippen MR) is 46.4 cm³/mol. The number of alkyl halides is 4. The van der Waals surface area contributed by atoms with Gasteiger partial charge in [-0.15, -0.1) is 0 Å². The third-order valence-electron chi connectivity index (χ3n) is 1.82. The van der Waals surface area contributed by atoms with Gasteiger partial charge in [-0.1, -0.05) is 0 Å². The standard InChI is InChI=1S/C8H6F4N2O3/c9-3(10)1-14-2-13-5(6(11)12)4(7(14)15)8(16)17/h2-3,6H,1H2,(H,16,17). The van der Waals surface area contributed by atoms with Crippen LogP contribution in [0.1, 0.15) is 22.5 Å². The predicted octanol–water partition coefficient (Wildman–Crippen LogP) is 1.14. The SMILES string of the molecule is O=C(O)c1c(C(F)F)ncn(CC(F)F)c1=O. The van der Waals surface area contributed by atoms with Crippen molar-refractivity contribution in [2.45, 2.75) is 19.4 Å². The first-order valence-electron chi connectivity index (χ1n) is 4.23. The Bertz CT molecular complexity index is 486. The summed E-state index contributed by atoms with van der Waals surface area (Å²) < 4.78 is 49.0. The molecule has 9 heteroatoms. The maximum absolute atomic E-state index is 12.3. The zero-order chi connectivity index (χ0) is 13.2. The Kier molecular flexibility index (Phi) is 3.81. The van der Waals surface area contributed by atoms with E-state index in [4.69, 9.17) is 5.11 Å². The zero-order valence-electron chi connectivity index (χ0n) is 8.11. The highest BCUT2D eigenvalue weighted by atomic mass is 19.3. The smallest absolute Gasteiger partial charge is 0.343 e. The highest BCUT2D eigenvalue weighted by molar-refractivity contribution is 5.88. The first kappa shape index (κ1) is 13.1. The Morgan fingerprint density at radius 2 is 2.00 bits per heavy atom. The summed E-state index contributed by atoms with van der Waals surface area (Å²) in [6, 6.07) is 0. The summed E-state index contributed by atoms with van der Waals surface area (Å²) in [5, 5.41) is 8.58. The van der Waals surface area contributed by atoms with Crippen molar-refractivity contribution in [3.8, 4) is 0 Å². The molecule has 1 heterocycles. The van der Waals surface area contributed by atoms with E-state index in [0.717, 1.165) is 0 Å². The lowest BCUT2D eigenvalue weighted by atomic mass is 10.2. The molecular formula is C8H6F4N2O3. The van der Waals surface area contributed by atoms with E-state index in [1.54, 1.807) is 0 Å². The number of halogens is 4. The van der Waals surface area contributed by atoms with Crippen LogP contribution in [-0.4, -0.2) is 27.1 Å². The third kappa shape index (κ3) is 2.80. The Hall–Kier alpha value is -1.93. The van der Waals surface area contributed by atoms with Gasteiger partial charge in [0, 0.05) is 0 Å². The Balaban J connectivity index is 3.39. The van der Waals surface area contributed by atoms with E-state index >= 15 is 0 Å². The van der Waals surface area contributed by atoms with Crippen molar-refractivity contribution in [1.29, 1.82) is 0 Å². The quantitative estimate of drug-likeness (QED) is 0.818. The van der Waals surface area contributed by atoms with Gasteiger partial charge in [-0.05, 0) is 0 Å². The van der Waals surface area contributed by atoms with Crippen molar-refractivity contribution in [1.82, 2.24) is 9.55 Å². The lowest BCUT2D eigenvalue weighted by molar-refractivity contribution is 0.0675. The van der Waals surface area contributed by atoms with Crippen molar-refractivity contribution in [2.75, 3.05) is 0 Å². The zero-order valence-corrected chi connectivity index (χ0v) is 8.11. The lowest BCUT2D eigenvalue weighted by Crippen LogP contribution is -2.31. The first-order valence-corrected chi connectivity index (χ1v) is 4.23. The average Bonchev–Trinajstić information content (AvgIpc) is 2.19. The fourth-order valence-corrected chi connectivity index (χ4v) is 1.15. The van der Waals surface area contributed by atoms with Crippen LogP contribution < -0.4 is 5.56 Å². The highest BCUT2D eigenvalue weighted by Crippen LogP contribution is 2.17. The molecule has 5 nitrogen and oxygen atoms in total. The molecular weight excluding hydrogens is 248 g/mol. The molecule has 0 atom stereocenters. The molecule has 1 aromatic rings. The number of rotatable bonds is 4. The molecule has 0 radical (unpaired) electrons. The van der Waals surface area contributed by atoms with Crippen LogP contribution in [0.5, 0.6) is 0 Å². The monoisotopic (exact) mass is 254 g/mol. The first-order chi connectivity index (χ1) is 7.84. The van der Waals surface area contributed by atoms with E-state index in [-0.39, 0.29) is 4.57 Å². The number of hydrogen-bond acceptors (Lipinski definition) is 3. The van der Waals surface area contributed by atoms with Gasteiger partial charge in [0.25, 0.3) is 18.4 Å². The van der Waals surface area contributed by atoms with E-state index in [0.29, 0.717) is 6.33 Å². The minimum Gasteiger partial charge on any atom is -0.477 e. The van der Waals surface area contributed by atoms with Gasteiger partial charge >= 0.3 is 5.97 Å². The van der Waals surface area contributed by atoms with Crippen molar-refractivity contribution in [3.63, 3.8) is 0 Å². The van der Waals surface area contributed by atoms with Gasteiger partial charge in [-0.3, -0.25) is 9.36 Å². The van der Waals surface area contributed by atoms with Crippen LogP contribution in [0.3, 0.4) is 0 Å². The fourth-order valence-electron chi connectivity index (χ4n) is 1.15. The number of aromatic carboxylic acids is 1. The maximum atomic E-state index is 12.3. The molecule has 0 saturated carbocycles. The second kappa shape index (κ2) is 4.93. The second-order valence-corrected chi connectivity index (χ2v) is 2.96. The van der Waals surface area contributed by atoms with Crippen LogP contribution in [0, 0.1) is 0 Å². The van der Waals surface area contributed by atoms with E-state index in [1.807, 2.05) is 0 Å². The van der Waals surface area contributed by atoms with E-state index in [1.165, 1.54) is 0 Å². The molecule has 0 amide bonds. The molecule has 0 aliphatic rings. The van der Waals surface area contributed by atoms with Crippen molar-refractivity contribution in [3.05, 3.63) is 27.9 Å². The number of hydrogen-bond donors (Lipinski definition) is 1. The van der Waals surface area contributed by atoms with Gasteiger partial charge in [0.05, 0.1) is 12.9 Å². The summed E-state index contributed by atoms with van der Waals surface area (Å²) in [7, 11) is 0. The summed E-state index contributed by atoms with van der Waals surface area (Å²) in [6.07, 6.45) is -5.72. The Labute approximate surface area is 91.3 Å². The van der Waals surface area contributed by atoms with Crippen LogP contribution in [0.15, 0.2) is 11.1 Å². The summed E-state index contributed by atoms with van der Waals surface area (Å²) in [6.45, 7) is -1.10. The van der Waals surface area contributed by atoms with Crippen LogP contribution in [0.25, 0.3) is 0 Å². The van der Waals surface area contributed by atoms with Crippen LogP contribution >= 0.6 is 0 Å². The molecule has 0 spiro atoms. The van der Waals surface area contributed by atoms with Crippen LogP contribution in [-0.2, 0) is 6.54 Å². The van der Waals surface area contributed by atoms with Gasteiger partial charge in [0.15, 0.2) is 5.56 Å². The summed E-state index contributed by atoms with van der Waals surface area (Å²) in [5.41, 5.74) is -3.95. The normalized spacial score (nSPS) is 11.2. The van der Waals surface area contributed by atoms with Crippen molar-refractivity contribution >= 4 is 5.97 Å². The molecule has 0 fully saturated rings. The van der Waals surface area contributed by atoms with Crippen molar-refractivity contribution < 1.29 is 27.5 Å². The van der Waals surface area contributed by atoms with Gasteiger partial charge in [-0.25, -0.2) is 27.3 Å². The van der Waals surface area contributed by atoms with E-state index < -0.39 is 42.2 Å². The van der Waals surface area contributed by atoms with Gasteiger partial charge in [0.2, 0.25) is 0 Å². The molecule has 0 unspecified atom stereocenters. The molecule has 1 rings (SSSR count). The number of aromatic nitrogens is 2. The van der Waals surface area contributed by atoms with E-state index in [9.17, 15) is 27.2 Å². The Morgan fingerprint density at radius 1 is 1.41 bits per heavy atom. The second-order valence-electron chi connectivity index (χ2n) is 2.96. The Morgan fingerprint density at radius 3 is 2.41 bits per heavy atom. The molecule has 0 saturated heterocycles. The molecule has 1 N–H and O–H groups in total. The van der Waals surface area contributed by atoms with E-state index in [2.05, 4.69) is 4.98 Å². The topological polar surface area (TPSA) is 72.2 Å². The number of carboxylic acid groups (broad SMARTS) is 1.